The first-order valence-electron chi connectivity index (χ1n) is 7.47. The first kappa shape index (κ1) is 15.5. The molecule has 1 aromatic carbocycles. The highest BCUT2D eigenvalue weighted by atomic mass is 32.1. The van der Waals surface area contributed by atoms with Gasteiger partial charge >= 0.3 is 0 Å². The van der Waals surface area contributed by atoms with Gasteiger partial charge in [0, 0.05) is 35.8 Å². The number of carbonyl (C=O) groups excluding carboxylic acids is 2. The van der Waals surface area contributed by atoms with E-state index in [1.807, 2.05) is 24.3 Å². The largest absolute Gasteiger partial charge is 0.371 e. The van der Waals surface area contributed by atoms with Crippen LogP contribution in [0.2, 0.25) is 0 Å². The van der Waals surface area contributed by atoms with Gasteiger partial charge < -0.3 is 16.0 Å². The summed E-state index contributed by atoms with van der Waals surface area (Å²) in [5.74, 6) is -0.422. The number of aromatic nitrogens is 1. The van der Waals surface area contributed by atoms with Crippen LogP contribution in [0, 0.1) is 5.92 Å². The summed E-state index contributed by atoms with van der Waals surface area (Å²) in [7, 11) is 0. The predicted molar refractivity (Wildman–Crippen MR) is 90.6 cm³/mol. The third kappa shape index (κ3) is 3.68. The van der Waals surface area contributed by atoms with Crippen molar-refractivity contribution in [1.82, 2.24) is 4.98 Å². The standard InChI is InChI=1S/C16H18N4O2S/c17-15(21)11-5-7-20(8-6-11)13-3-1-12(2-4-13)19-16(22)14-9-23-10-18-14/h1-4,9-11H,5-8H2,(H2,17,21)(H,19,22). The minimum atomic E-state index is -0.207. The first-order chi connectivity index (χ1) is 11.1. The third-order valence-corrected chi connectivity index (χ3v) is 4.64. The Labute approximate surface area is 138 Å². The quantitative estimate of drug-likeness (QED) is 0.898. The van der Waals surface area contributed by atoms with Crippen molar-refractivity contribution < 1.29 is 9.59 Å². The van der Waals surface area contributed by atoms with Crippen LogP contribution in [0.4, 0.5) is 11.4 Å². The van der Waals surface area contributed by atoms with Crippen molar-refractivity contribution in [3.8, 4) is 0 Å². The van der Waals surface area contributed by atoms with Gasteiger partial charge in [0.25, 0.3) is 5.91 Å². The number of anilines is 2. The molecule has 0 atom stereocenters. The van der Waals surface area contributed by atoms with Gasteiger partial charge in [0.05, 0.1) is 5.51 Å². The maximum absolute atomic E-state index is 11.9. The minimum Gasteiger partial charge on any atom is -0.371 e. The lowest BCUT2D eigenvalue weighted by molar-refractivity contribution is -0.122. The molecule has 0 radical (unpaired) electrons. The number of primary amides is 1. The summed E-state index contributed by atoms with van der Waals surface area (Å²) < 4.78 is 0. The van der Waals surface area contributed by atoms with E-state index in [1.54, 1.807) is 10.9 Å². The average molecular weight is 330 g/mol. The van der Waals surface area contributed by atoms with Crippen molar-refractivity contribution >= 4 is 34.5 Å². The molecule has 0 bridgehead atoms. The number of hydrogen-bond acceptors (Lipinski definition) is 5. The molecular formula is C16H18N4O2S. The fourth-order valence-corrected chi connectivity index (χ4v) is 3.23. The lowest BCUT2D eigenvalue weighted by atomic mass is 9.96. The number of nitrogens with two attached hydrogens (primary N) is 1. The van der Waals surface area contributed by atoms with Gasteiger partial charge in [-0.15, -0.1) is 11.3 Å². The molecule has 2 aromatic rings. The van der Waals surface area contributed by atoms with Crippen LogP contribution in [-0.4, -0.2) is 29.9 Å². The summed E-state index contributed by atoms with van der Waals surface area (Å²) in [6.45, 7) is 1.64. The molecule has 1 aliphatic rings. The van der Waals surface area contributed by atoms with Crippen molar-refractivity contribution in [1.29, 1.82) is 0 Å². The van der Waals surface area contributed by atoms with Crippen LogP contribution in [0.25, 0.3) is 0 Å². The molecule has 1 aromatic heterocycles. The molecule has 1 fully saturated rings. The van der Waals surface area contributed by atoms with E-state index in [4.69, 9.17) is 5.73 Å². The Morgan fingerprint density at radius 2 is 1.91 bits per heavy atom. The van der Waals surface area contributed by atoms with Crippen LogP contribution in [0.3, 0.4) is 0 Å². The van der Waals surface area contributed by atoms with Crippen LogP contribution >= 0.6 is 11.3 Å². The molecule has 0 unspecified atom stereocenters. The Bertz CT molecular complexity index is 677. The van der Waals surface area contributed by atoms with Crippen molar-refractivity contribution in [2.24, 2.45) is 11.7 Å². The number of piperidine rings is 1. The molecule has 0 saturated carbocycles. The van der Waals surface area contributed by atoms with Gasteiger partial charge in [0.1, 0.15) is 5.69 Å². The zero-order valence-corrected chi connectivity index (χ0v) is 13.4. The Balaban J connectivity index is 1.59. The number of benzene rings is 1. The van der Waals surface area contributed by atoms with Crippen LogP contribution in [0.15, 0.2) is 35.2 Å². The monoisotopic (exact) mass is 330 g/mol. The van der Waals surface area contributed by atoms with Crippen LogP contribution in [0.1, 0.15) is 23.3 Å². The highest BCUT2D eigenvalue weighted by Crippen LogP contribution is 2.24. The number of thiazole rings is 1. The molecule has 120 valence electrons. The van der Waals surface area contributed by atoms with Crippen LogP contribution in [0.5, 0.6) is 0 Å². The van der Waals surface area contributed by atoms with Crippen LogP contribution < -0.4 is 16.0 Å². The van der Waals surface area contributed by atoms with Crippen molar-refractivity contribution in [2.45, 2.75) is 12.8 Å². The van der Waals surface area contributed by atoms with E-state index in [-0.39, 0.29) is 17.7 Å². The number of carbonyl (C=O) groups is 2. The molecule has 1 aliphatic heterocycles. The maximum atomic E-state index is 11.9. The number of nitrogens with one attached hydrogen (secondary N) is 1. The van der Waals surface area contributed by atoms with E-state index in [0.717, 1.165) is 37.3 Å². The van der Waals surface area contributed by atoms with E-state index in [9.17, 15) is 9.59 Å². The van der Waals surface area contributed by atoms with Crippen molar-refractivity contribution in [2.75, 3.05) is 23.3 Å². The lowest BCUT2D eigenvalue weighted by Gasteiger charge is -2.32. The summed E-state index contributed by atoms with van der Waals surface area (Å²) >= 11 is 1.39. The molecule has 2 heterocycles. The van der Waals surface area contributed by atoms with Crippen molar-refractivity contribution in [3.05, 3.63) is 40.8 Å². The number of nitrogens with zero attached hydrogens (tertiary/aromatic N) is 2. The van der Waals surface area contributed by atoms with E-state index < -0.39 is 0 Å². The zero-order chi connectivity index (χ0) is 16.2. The summed E-state index contributed by atoms with van der Waals surface area (Å²) in [5, 5.41) is 4.54. The Hall–Kier alpha value is -2.41. The van der Waals surface area contributed by atoms with Gasteiger partial charge in [0.2, 0.25) is 5.91 Å². The Kier molecular flexibility index (Phi) is 4.57. The summed E-state index contributed by atoms with van der Waals surface area (Å²) in [6.07, 6.45) is 1.58. The van der Waals surface area contributed by atoms with Crippen LogP contribution in [-0.2, 0) is 4.79 Å². The summed E-state index contributed by atoms with van der Waals surface area (Å²) in [4.78, 5) is 29.4. The second-order valence-corrected chi connectivity index (χ2v) is 6.26. The average Bonchev–Trinajstić information content (AvgIpc) is 3.10. The fraction of sp³-hybridized carbons (Fsp3) is 0.312. The molecular weight excluding hydrogens is 312 g/mol. The Morgan fingerprint density at radius 1 is 1.22 bits per heavy atom. The molecule has 23 heavy (non-hydrogen) atoms. The van der Waals surface area contributed by atoms with E-state index in [1.165, 1.54) is 11.3 Å². The molecule has 0 aliphatic carbocycles. The zero-order valence-electron chi connectivity index (χ0n) is 12.6. The van der Waals surface area contributed by atoms with Gasteiger partial charge in [-0.3, -0.25) is 9.59 Å². The number of hydrogen-bond donors (Lipinski definition) is 2. The third-order valence-electron chi connectivity index (χ3n) is 4.05. The van der Waals surface area contributed by atoms with E-state index in [0.29, 0.717) is 5.69 Å². The molecule has 1 saturated heterocycles. The fourth-order valence-electron chi connectivity index (χ4n) is 2.70. The van der Waals surface area contributed by atoms with Gasteiger partial charge in [-0.1, -0.05) is 0 Å². The first-order valence-corrected chi connectivity index (χ1v) is 8.41. The highest BCUT2D eigenvalue weighted by molar-refractivity contribution is 7.07. The summed E-state index contributed by atoms with van der Waals surface area (Å²) in [5.41, 5.74) is 9.23. The lowest BCUT2D eigenvalue weighted by Crippen LogP contribution is -2.38. The molecule has 3 N–H and O–H groups in total. The molecule has 3 rings (SSSR count). The smallest absolute Gasteiger partial charge is 0.275 e. The number of rotatable bonds is 4. The van der Waals surface area contributed by atoms with Gasteiger partial charge in [0.15, 0.2) is 0 Å². The molecule has 7 heteroatoms. The molecule has 2 amide bonds. The normalized spacial score (nSPS) is 15.4. The molecule has 6 nitrogen and oxygen atoms in total. The topological polar surface area (TPSA) is 88.3 Å². The maximum Gasteiger partial charge on any atom is 0.275 e. The number of amides is 2. The second-order valence-electron chi connectivity index (χ2n) is 5.54. The SMILES string of the molecule is NC(=O)C1CCN(c2ccc(NC(=O)c3cscn3)cc2)CC1. The van der Waals surface area contributed by atoms with Crippen molar-refractivity contribution in [3.63, 3.8) is 0 Å². The van der Waals surface area contributed by atoms with Gasteiger partial charge in [-0.05, 0) is 37.1 Å². The second kappa shape index (κ2) is 6.78. The summed E-state index contributed by atoms with van der Waals surface area (Å²) in [6, 6.07) is 7.70. The molecule has 0 spiro atoms. The highest BCUT2D eigenvalue weighted by Gasteiger charge is 2.23. The predicted octanol–water partition coefficient (Wildman–Crippen LogP) is 2.10. The van der Waals surface area contributed by atoms with E-state index in [2.05, 4.69) is 15.2 Å². The minimum absolute atomic E-state index is 0.0112. The van der Waals surface area contributed by atoms with E-state index >= 15 is 0 Å². The Morgan fingerprint density at radius 3 is 2.48 bits per heavy atom. The van der Waals surface area contributed by atoms with Gasteiger partial charge in [-0.25, -0.2) is 4.98 Å². The van der Waals surface area contributed by atoms with Gasteiger partial charge in [-0.2, -0.15) is 0 Å².